The fourth-order valence-electron chi connectivity index (χ4n) is 1.38. The molecule has 0 radical (unpaired) electrons. The SMILES string of the molecule is O=C1/C(=C\[O-])S(=O)(=O)c2ccccc21.[Na+]. The first kappa shape index (κ1) is 12.4. The molecule has 6 heteroatoms. The Bertz CT molecular complexity index is 545. The van der Waals surface area contributed by atoms with Gasteiger partial charge < -0.3 is 5.11 Å². The number of rotatable bonds is 0. The molecule has 72 valence electrons. The largest absolute Gasteiger partial charge is 1.00 e. The first-order valence-corrected chi connectivity index (χ1v) is 5.28. The van der Waals surface area contributed by atoms with Crippen molar-refractivity contribution in [2.75, 3.05) is 0 Å². The van der Waals surface area contributed by atoms with E-state index in [1.165, 1.54) is 18.2 Å². The number of hydrogen-bond acceptors (Lipinski definition) is 4. The van der Waals surface area contributed by atoms with Crippen molar-refractivity contribution in [2.24, 2.45) is 0 Å². The number of fused-ring (bicyclic) bond motifs is 1. The van der Waals surface area contributed by atoms with E-state index in [9.17, 15) is 18.3 Å². The van der Waals surface area contributed by atoms with Gasteiger partial charge in [0.25, 0.3) is 0 Å². The number of sulfone groups is 1. The van der Waals surface area contributed by atoms with Crippen LogP contribution in [0.2, 0.25) is 0 Å². The molecule has 0 aromatic heterocycles. The Balaban J connectivity index is 0.00000112. The molecule has 2 rings (SSSR count). The molecule has 15 heavy (non-hydrogen) atoms. The van der Waals surface area contributed by atoms with E-state index in [0.717, 1.165) is 0 Å². The Hall–Kier alpha value is -0.620. The van der Waals surface area contributed by atoms with Crippen molar-refractivity contribution in [1.82, 2.24) is 0 Å². The fourth-order valence-corrected chi connectivity index (χ4v) is 2.80. The van der Waals surface area contributed by atoms with Crippen molar-refractivity contribution >= 4 is 15.6 Å². The molecule has 0 aliphatic carbocycles. The van der Waals surface area contributed by atoms with E-state index < -0.39 is 20.5 Å². The molecule has 0 spiro atoms. The smallest absolute Gasteiger partial charge is 0.877 e. The molecule has 0 fully saturated rings. The Morgan fingerprint density at radius 1 is 1.20 bits per heavy atom. The Labute approximate surface area is 109 Å². The van der Waals surface area contributed by atoms with Crippen molar-refractivity contribution in [3.8, 4) is 0 Å². The van der Waals surface area contributed by atoms with Crippen molar-refractivity contribution in [1.29, 1.82) is 0 Å². The van der Waals surface area contributed by atoms with Gasteiger partial charge in [-0.25, -0.2) is 8.42 Å². The monoisotopic (exact) mass is 232 g/mol. The Morgan fingerprint density at radius 3 is 2.33 bits per heavy atom. The van der Waals surface area contributed by atoms with Crippen molar-refractivity contribution in [3.05, 3.63) is 41.0 Å². The van der Waals surface area contributed by atoms with Gasteiger partial charge in [0.15, 0.2) is 0 Å². The second-order valence-electron chi connectivity index (χ2n) is 2.81. The summed E-state index contributed by atoms with van der Waals surface area (Å²) in [5.41, 5.74) is 0.0783. The number of hydrogen-bond donors (Lipinski definition) is 0. The van der Waals surface area contributed by atoms with Gasteiger partial charge in [-0.15, -0.1) is 6.26 Å². The average Bonchev–Trinajstić information content (AvgIpc) is 2.36. The molecule has 1 aliphatic heterocycles. The molecule has 1 aromatic carbocycles. The number of carbonyl (C=O) groups excluding carboxylic acids is 1. The van der Waals surface area contributed by atoms with Gasteiger partial charge in [-0.1, -0.05) is 12.1 Å². The minimum absolute atomic E-state index is 0. The maximum absolute atomic E-state index is 11.5. The molecule has 0 unspecified atom stereocenters. The van der Waals surface area contributed by atoms with E-state index in [1.54, 1.807) is 6.07 Å². The third kappa shape index (κ3) is 1.65. The molecule has 1 aliphatic rings. The predicted molar refractivity (Wildman–Crippen MR) is 46.0 cm³/mol. The molecule has 1 heterocycles. The van der Waals surface area contributed by atoms with Crippen LogP contribution in [0.5, 0.6) is 0 Å². The average molecular weight is 232 g/mol. The van der Waals surface area contributed by atoms with Gasteiger partial charge in [0.2, 0.25) is 15.6 Å². The molecule has 0 atom stereocenters. The van der Waals surface area contributed by atoms with Gasteiger partial charge in [0.05, 0.1) is 4.90 Å². The molecule has 0 bridgehead atoms. The Kier molecular flexibility index (Phi) is 3.40. The summed E-state index contributed by atoms with van der Waals surface area (Å²) in [5.74, 6) is -0.712. The van der Waals surface area contributed by atoms with Gasteiger partial charge in [-0.3, -0.25) is 4.79 Å². The molecule has 0 amide bonds. The van der Waals surface area contributed by atoms with Crippen LogP contribution in [0.25, 0.3) is 0 Å². The van der Waals surface area contributed by atoms with Gasteiger partial charge in [-0.05, 0) is 12.1 Å². The van der Waals surface area contributed by atoms with E-state index in [2.05, 4.69) is 0 Å². The van der Waals surface area contributed by atoms with Crippen LogP contribution in [0.1, 0.15) is 10.4 Å². The molecule has 0 N–H and O–H groups in total. The topological polar surface area (TPSA) is 74.3 Å². The summed E-state index contributed by atoms with van der Waals surface area (Å²) >= 11 is 0. The van der Waals surface area contributed by atoms with Gasteiger partial charge >= 0.3 is 29.6 Å². The molecule has 0 saturated carbocycles. The van der Waals surface area contributed by atoms with Crippen LogP contribution in [0.3, 0.4) is 0 Å². The number of benzene rings is 1. The molecule has 4 nitrogen and oxygen atoms in total. The number of ketones is 1. The van der Waals surface area contributed by atoms with Crippen molar-refractivity contribution < 1.29 is 47.9 Å². The van der Waals surface area contributed by atoms with Crippen LogP contribution in [0.4, 0.5) is 0 Å². The molecule has 1 aromatic rings. The van der Waals surface area contributed by atoms with Gasteiger partial charge in [0.1, 0.15) is 4.91 Å². The first-order chi connectivity index (χ1) is 6.59. The summed E-state index contributed by atoms with van der Waals surface area (Å²) in [6, 6.07) is 5.78. The normalized spacial score (nSPS) is 19.7. The van der Waals surface area contributed by atoms with Crippen LogP contribution >= 0.6 is 0 Å². The summed E-state index contributed by atoms with van der Waals surface area (Å²) in [6.45, 7) is 0. The third-order valence-corrected chi connectivity index (χ3v) is 3.84. The summed E-state index contributed by atoms with van der Waals surface area (Å²) in [6.07, 6.45) is 0.0949. The molecule has 0 saturated heterocycles. The maximum atomic E-state index is 11.5. The van der Waals surface area contributed by atoms with E-state index in [-0.39, 0.29) is 46.3 Å². The summed E-state index contributed by atoms with van der Waals surface area (Å²) in [5, 5.41) is 10.5. The summed E-state index contributed by atoms with van der Waals surface area (Å²) < 4.78 is 23.1. The van der Waals surface area contributed by atoms with Crippen molar-refractivity contribution in [2.45, 2.75) is 4.90 Å². The Morgan fingerprint density at radius 2 is 1.80 bits per heavy atom. The second kappa shape index (κ2) is 4.09. The molecular formula is C9H5NaO4S. The van der Waals surface area contributed by atoms with Crippen LogP contribution in [0, 0.1) is 0 Å². The maximum Gasteiger partial charge on any atom is 1.00 e. The zero-order valence-electron chi connectivity index (χ0n) is 7.93. The third-order valence-electron chi connectivity index (χ3n) is 2.04. The van der Waals surface area contributed by atoms with Crippen LogP contribution < -0.4 is 34.7 Å². The van der Waals surface area contributed by atoms with E-state index in [0.29, 0.717) is 0 Å². The van der Waals surface area contributed by atoms with Crippen LogP contribution in [-0.2, 0) is 9.84 Å². The van der Waals surface area contributed by atoms with E-state index >= 15 is 0 Å². The van der Waals surface area contributed by atoms with Crippen LogP contribution in [0.15, 0.2) is 40.3 Å². The molecular weight excluding hydrogens is 227 g/mol. The quantitative estimate of drug-likeness (QED) is 0.269. The minimum atomic E-state index is -3.85. The summed E-state index contributed by atoms with van der Waals surface area (Å²) in [4.78, 5) is 10.7. The summed E-state index contributed by atoms with van der Waals surface area (Å²) in [7, 11) is -3.85. The zero-order valence-corrected chi connectivity index (χ0v) is 10.7. The fraction of sp³-hybridized carbons (Fsp3) is 0. The first-order valence-electron chi connectivity index (χ1n) is 3.80. The predicted octanol–water partition coefficient (Wildman–Crippen LogP) is -3.14. The number of carbonyl (C=O) groups is 1. The van der Waals surface area contributed by atoms with Crippen LogP contribution in [-0.4, -0.2) is 14.2 Å². The van der Waals surface area contributed by atoms with Gasteiger partial charge in [0, 0.05) is 5.56 Å². The second-order valence-corrected chi connectivity index (χ2v) is 4.70. The van der Waals surface area contributed by atoms with E-state index in [1.807, 2.05) is 0 Å². The van der Waals surface area contributed by atoms with Crippen molar-refractivity contribution in [3.63, 3.8) is 0 Å². The number of Topliss-reactive ketones (excluding diaryl/α,β-unsaturated/α-hetero) is 1. The van der Waals surface area contributed by atoms with E-state index in [4.69, 9.17) is 0 Å². The zero-order chi connectivity index (χ0) is 10.3. The van der Waals surface area contributed by atoms with Gasteiger partial charge in [-0.2, -0.15) is 0 Å². The standard InChI is InChI=1S/C9H6O4S.Na/c10-5-8-9(11)6-3-1-2-4-7(6)14(8,12)13;/h1-5,10H;/q;+1/p-1/b8-5+;. The number of allylic oxidation sites excluding steroid dienone is 1. The minimum Gasteiger partial charge on any atom is -0.877 e.